The molecule has 1 aromatic carbocycles. The number of ether oxygens (including phenoxy) is 2. The van der Waals surface area contributed by atoms with Crippen molar-refractivity contribution in [3.63, 3.8) is 0 Å². The quantitative estimate of drug-likeness (QED) is 0.914. The lowest BCUT2D eigenvalue weighted by Gasteiger charge is -2.33. The zero-order chi connectivity index (χ0) is 14.0. The molecule has 1 aromatic rings. The van der Waals surface area contributed by atoms with Crippen LogP contribution in [-0.4, -0.2) is 18.3 Å². The molecule has 2 rings (SSSR count). The van der Waals surface area contributed by atoms with E-state index in [1.165, 1.54) is 6.07 Å². The van der Waals surface area contributed by atoms with Crippen LogP contribution in [0, 0.1) is 5.82 Å². The van der Waals surface area contributed by atoms with Crippen LogP contribution in [0.2, 0.25) is 0 Å². The number of halogens is 1. The summed E-state index contributed by atoms with van der Waals surface area (Å²) in [5, 5.41) is 0. The van der Waals surface area contributed by atoms with Gasteiger partial charge in [-0.3, -0.25) is 0 Å². The highest BCUT2D eigenvalue weighted by atomic mass is 19.1. The Labute approximate surface area is 113 Å². The van der Waals surface area contributed by atoms with Crippen LogP contribution in [0.25, 0.3) is 0 Å². The molecule has 0 radical (unpaired) electrons. The van der Waals surface area contributed by atoms with E-state index in [1.54, 1.807) is 19.1 Å². The second-order valence-corrected chi connectivity index (χ2v) is 5.41. The summed E-state index contributed by atoms with van der Waals surface area (Å²) in [7, 11) is 0. The monoisotopic (exact) mass is 267 g/mol. The van der Waals surface area contributed by atoms with Crippen molar-refractivity contribution in [3.8, 4) is 5.75 Å². The van der Waals surface area contributed by atoms with Crippen LogP contribution < -0.4 is 10.5 Å². The normalized spacial score (nSPS) is 29.0. The number of nitrogens with two attached hydrogens (primary N) is 1. The highest BCUT2D eigenvalue weighted by molar-refractivity contribution is 5.37. The summed E-state index contributed by atoms with van der Waals surface area (Å²) in [4.78, 5) is 0. The maximum Gasteiger partial charge on any atom is 0.131 e. The van der Waals surface area contributed by atoms with Gasteiger partial charge in [-0.15, -0.1) is 0 Å². The van der Waals surface area contributed by atoms with Crippen LogP contribution in [-0.2, 0) is 4.74 Å². The Balaban J connectivity index is 2.17. The fraction of sp³-hybridized carbons (Fsp3) is 0.600. The minimum atomic E-state index is -0.383. The Morgan fingerprint density at radius 1 is 1.32 bits per heavy atom. The molecule has 1 fully saturated rings. The van der Waals surface area contributed by atoms with Gasteiger partial charge in [0.2, 0.25) is 0 Å². The third-order valence-electron chi connectivity index (χ3n) is 3.42. The summed E-state index contributed by atoms with van der Waals surface area (Å²) in [6, 6.07) is 4.47. The van der Waals surface area contributed by atoms with Crippen molar-refractivity contribution in [3.05, 3.63) is 29.6 Å². The van der Waals surface area contributed by atoms with Crippen LogP contribution in [0.4, 0.5) is 4.39 Å². The first-order chi connectivity index (χ1) is 8.97. The lowest BCUT2D eigenvalue weighted by Crippen LogP contribution is -2.36. The largest absolute Gasteiger partial charge is 0.490 e. The Morgan fingerprint density at radius 2 is 1.95 bits per heavy atom. The second kappa shape index (κ2) is 5.88. The molecule has 0 aliphatic carbocycles. The highest BCUT2D eigenvalue weighted by Crippen LogP contribution is 2.30. The summed E-state index contributed by atoms with van der Waals surface area (Å²) in [6.45, 7) is 5.83. The second-order valence-electron chi connectivity index (χ2n) is 5.41. The number of benzene rings is 1. The van der Waals surface area contributed by atoms with Crippen LogP contribution in [0.15, 0.2) is 18.2 Å². The van der Waals surface area contributed by atoms with Crippen molar-refractivity contribution >= 4 is 0 Å². The van der Waals surface area contributed by atoms with E-state index in [1.807, 2.05) is 13.8 Å². The van der Waals surface area contributed by atoms with Crippen LogP contribution in [0.5, 0.6) is 5.75 Å². The van der Waals surface area contributed by atoms with Gasteiger partial charge in [-0.05, 0) is 32.9 Å². The van der Waals surface area contributed by atoms with Crippen molar-refractivity contribution in [2.45, 2.75) is 58.0 Å². The molecule has 0 bridgehead atoms. The fourth-order valence-corrected chi connectivity index (χ4v) is 2.68. The average Bonchev–Trinajstić information content (AvgIpc) is 2.26. The van der Waals surface area contributed by atoms with Gasteiger partial charge in [-0.2, -0.15) is 0 Å². The minimum absolute atomic E-state index is 0.0537. The van der Waals surface area contributed by atoms with Gasteiger partial charge in [0.05, 0.1) is 12.2 Å². The fourth-order valence-electron chi connectivity index (χ4n) is 2.68. The van der Waals surface area contributed by atoms with E-state index in [-0.39, 0.29) is 30.2 Å². The Morgan fingerprint density at radius 3 is 2.53 bits per heavy atom. The van der Waals surface area contributed by atoms with Crippen LogP contribution in [0.1, 0.15) is 45.2 Å². The first-order valence-electron chi connectivity index (χ1n) is 6.83. The van der Waals surface area contributed by atoms with E-state index in [4.69, 9.17) is 15.2 Å². The summed E-state index contributed by atoms with van der Waals surface area (Å²) < 4.78 is 25.5. The molecule has 2 unspecified atom stereocenters. The van der Waals surface area contributed by atoms with Gasteiger partial charge in [0.25, 0.3) is 0 Å². The smallest absolute Gasteiger partial charge is 0.131 e. The van der Waals surface area contributed by atoms with E-state index in [2.05, 4.69) is 0 Å². The maximum absolute atomic E-state index is 13.8. The van der Waals surface area contributed by atoms with E-state index in [0.717, 1.165) is 12.8 Å². The molecule has 1 aliphatic rings. The predicted molar refractivity (Wildman–Crippen MR) is 72.7 cm³/mol. The van der Waals surface area contributed by atoms with Crippen molar-refractivity contribution in [2.75, 3.05) is 0 Å². The molecule has 4 heteroatoms. The van der Waals surface area contributed by atoms with Gasteiger partial charge in [0, 0.05) is 24.4 Å². The lowest BCUT2D eigenvalue weighted by atomic mass is 10.0. The molecule has 106 valence electrons. The molecule has 3 nitrogen and oxygen atoms in total. The first kappa shape index (κ1) is 14.3. The molecule has 0 aromatic heterocycles. The first-order valence-corrected chi connectivity index (χ1v) is 6.83. The molecular weight excluding hydrogens is 245 g/mol. The molecule has 19 heavy (non-hydrogen) atoms. The number of hydrogen-bond donors (Lipinski definition) is 1. The van der Waals surface area contributed by atoms with Crippen molar-refractivity contribution < 1.29 is 13.9 Å². The average molecular weight is 267 g/mol. The van der Waals surface area contributed by atoms with E-state index in [0.29, 0.717) is 11.3 Å². The van der Waals surface area contributed by atoms with Gasteiger partial charge >= 0.3 is 0 Å². The predicted octanol–water partition coefficient (Wildman–Crippen LogP) is 3.18. The zero-order valence-electron chi connectivity index (χ0n) is 11.7. The topological polar surface area (TPSA) is 44.5 Å². The van der Waals surface area contributed by atoms with E-state index >= 15 is 0 Å². The summed E-state index contributed by atoms with van der Waals surface area (Å²) in [5.41, 5.74) is 6.28. The van der Waals surface area contributed by atoms with Crippen molar-refractivity contribution in [1.82, 2.24) is 0 Å². The Hall–Kier alpha value is -1.13. The third kappa shape index (κ3) is 3.45. The molecular formula is C15H22FNO2. The van der Waals surface area contributed by atoms with Gasteiger partial charge in [-0.1, -0.05) is 6.07 Å². The van der Waals surface area contributed by atoms with Crippen molar-refractivity contribution in [1.29, 1.82) is 0 Å². The molecule has 2 N–H and O–H groups in total. The lowest BCUT2D eigenvalue weighted by molar-refractivity contribution is -0.0723. The SMILES string of the molecule is CC1CC(Oc2cccc(F)c2[C@@H](C)N)CC(C)O1. The third-order valence-corrected chi connectivity index (χ3v) is 3.42. The molecule has 0 saturated carbocycles. The van der Waals surface area contributed by atoms with E-state index < -0.39 is 0 Å². The van der Waals surface area contributed by atoms with Gasteiger partial charge in [0.15, 0.2) is 0 Å². The summed E-state index contributed by atoms with van der Waals surface area (Å²) in [6.07, 6.45) is 2.03. The molecule has 1 aliphatic heterocycles. The highest BCUT2D eigenvalue weighted by Gasteiger charge is 2.27. The molecule has 3 atom stereocenters. The zero-order valence-corrected chi connectivity index (χ0v) is 11.7. The minimum Gasteiger partial charge on any atom is -0.490 e. The maximum atomic E-state index is 13.8. The van der Waals surface area contributed by atoms with Crippen molar-refractivity contribution in [2.24, 2.45) is 5.73 Å². The van der Waals surface area contributed by atoms with Gasteiger partial charge in [-0.25, -0.2) is 4.39 Å². The standard InChI is InChI=1S/C15H22FNO2/c1-9-7-12(8-10(2)18-9)19-14-6-4-5-13(16)15(14)11(3)17/h4-6,9-12H,7-8,17H2,1-3H3/t9?,10?,11-,12?/m1/s1. The molecule has 1 heterocycles. The van der Waals surface area contributed by atoms with E-state index in [9.17, 15) is 4.39 Å². The Bertz CT molecular complexity index is 426. The summed E-state index contributed by atoms with van der Waals surface area (Å²) in [5.74, 6) is 0.252. The molecule has 0 amide bonds. The van der Waals surface area contributed by atoms with Gasteiger partial charge in [0.1, 0.15) is 17.7 Å². The van der Waals surface area contributed by atoms with Crippen LogP contribution in [0.3, 0.4) is 0 Å². The number of rotatable bonds is 3. The van der Waals surface area contributed by atoms with Gasteiger partial charge < -0.3 is 15.2 Å². The Kier molecular flexibility index (Phi) is 4.42. The summed E-state index contributed by atoms with van der Waals surface area (Å²) >= 11 is 0. The van der Waals surface area contributed by atoms with Crippen LogP contribution >= 0.6 is 0 Å². The number of hydrogen-bond acceptors (Lipinski definition) is 3. The molecule has 0 spiro atoms. The molecule has 1 saturated heterocycles.